The Balaban J connectivity index is 1.73. The van der Waals surface area contributed by atoms with Gasteiger partial charge in [-0.3, -0.25) is 0 Å². The number of anilines is 2. The van der Waals surface area contributed by atoms with Crippen molar-refractivity contribution < 1.29 is 4.74 Å². The maximum absolute atomic E-state index is 5.73. The first-order chi connectivity index (χ1) is 15.1. The molecule has 0 radical (unpaired) electrons. The van der Waals surface area contributed by atoms with Crippen molar-refractivity contribution in [1.82, 2.24) is 19.8 Å². The molecule has 0 atom stereocenters. The second-order valence-corrected chi connectivity index (χ2v) is 9.17. The Morgan fingerprint density at radius 2 is 1.77 bits per heavy atom. The lowest BCUT2D eigenvalue weighted by atomic mass is 10.0. The lowest BCUT2D eigenvalue weighted by molar-refractivity contribution is 0.264. The van der Waals surface area contributed by atoms with Gasteiger partial charge in [0.1, 0.15) is 11.6 Å². The Morgan fingerprint density at radius 3 is 2.52 bits per heavy atom. The minimum Gasteiger partial charge on any atom is -0.496 e. The Labute approximate surface area is 186 Å². The van der Waals surface area contributed by atoms with Gasteiger partial charge in [0.15, 0.2) is 0 Å². The van der Waals surface area contributed by atoms with Crippen molar-refractivity contribution in [3.63, 3.8) is 0 Å². The van der Waals surface area contributed by atoms with Crippen LogP contribution in [0.15, 0.2) is 12.1 Å². The van der Waals surface area contributed by atoms with Gasteiger partial charge < -0.3 is 24.8 Å². The fourth-order valence-electron chi connectivity index (χ4n) is 4.69. The molecule has 2 fully saturated rings. The second kappa shape index (κ2) is 10.0. The summed E-state index contributed by atoms with van der Waals surface area (Å²) in [5.74, 6) is 2.74. The first-order valence-corrected chi connectivity index (χ1v) is 11.8. The summed E-state index contributed by atoms with van der Waals surface area (Å²) in [6, 6.07) is 4.79. The van der Waals surface area contributed by atoms with Crippen LogP contribution in [0.4, 0.5) is 11.8 Å². The minimum atomic E-state index is 0.443. The largest absolute Gasteiger partial charge is 0.496 e. The molecule has 0 saturated carbocycles. The van der Waals surface area contributed by atoms with Crippen LogP contribution in [0.3, 0.4) is 0 Å². The average Bonchev–Trinajstić information content (AvgIpc) is 2.99. The van der Waals surface area contributed by atoms with E-state index in [1.54, 1.807) is 7.11 Å². The summed E-state index contributed by atoms with van der Waals surface area (Å²) in [6.45, 7) is 8.59. The Hall–Kier alpha value is -2.12. The van der Waals surface area contributed by atoms with E-state index >= 15 is 0 Å². The molecule has 170 valence electrons. The molecule has 3 heterocycles. The maximum Gasteiger partial charge on any atom is 0.227 e. The standard InChI is InChI=1S/C24H38N6O/c1-5-7-18-16-21-20(17-22(18)31-4)23(25-19-8-12-29(3)13-9-19)27-24(26-21)30-11-6-10-28(2)14-15-30/h16-17,19H,5-15H2,1-4H3,(H,25,26,27). The molecule has 2 saturated heterocycles. The molecule has 0 aliphatic carbocycles. The Morgan fingerprint density at radius 1 is 1.00 bits per heavy atom. The normalized spacial score (nSPS) is 19.5. The van der Waals surface area contributed by atoms with Crippen LogP contribution in [0.5, 0.6) is 5.75 Å². The number of methoxy groups -OCH3 is 1. The summed E-state index contributed by atoms with van der Waals surface area (Å²) in [6.07, 6.45) is 5.48. The van der Waals surface area contributed by atoms with Crippen molar-refractivity contribution in [2.24, 2.45) is 0 Å². The molecule has 2 aliphatic rings. The third-order valence-electron chi connectivity index (χ3n) is 6.67. The first-order valence-electron chi connectivity index (χ1n) is 11.8. The van der Waals surface area contributed by atoms with Crippen LogP contribution in [0.2, 0.25) is 0 Å². The summed E-state index contributed by atoms with van der Waals surface area (Å²) < 4.78 is 5.73. The zero-order chi connectivity index (χ0) is 21.8. The van der Waals surface area contributed by atoms with E-state index in [0.717, 1.165) is 99.8 Å². The number of nitrogens with zero attached hydrogens (tertiary/aromatic N) is 5. The van der Waals surface area contributed by atoms with Gasteiger partial charge in [-0.05, 0) is 77.1 Å². The van der Waals surface area contributed by atoms with Crippen molar-refractivity contribution in [2.75, 3.05) is 70.7 Å². The first kappa shape index (κ1) is 22.1. The maximum atomic E-state index is 5.73. The highest BCUT2D eigenvalue weighted by atomic mass is 16.5. The third kappa shape index (κ3) is 5.21. The molecule has 0 bridgehead atoms. The van der Waals surface area contributed by atoms with Gasteiger partial charge in [-0.15, -0.1) is 0 Å². The summed E-state index contributed by atoms with van der Waals surface area (Å²) >= 11 is 0. The molecule has 1 aromatic heterocycles. The predicted molar refractivity (Wildman–Crippen MR) is 129 cm³/mol. The fourth-order valence-corrected chi connectivity index (χ4v) is 4.69. The van der Waals surface area contributed by atoms with Crippen LogP contribution < -0.4 is 15.0 Å². The number of ether oxygens (including phenoxy) is 1. The molecule has 1 N–H and O–H groups in total. The molecule has 31 heavy (non-hydrogen) atoms. The number of likely N-dealkylation sites (tertiary alicyclic amines) is 1. The number of hydrogen-bond acceptors (Lipinski definition) is 7. The molecule has 0 unspecified atom stereocenters. The van der Waals surface area contributed by atoms with Crippen molar-refractivity contribution in [3.8, 4) is 5.75 Å². The van der Waals surface area contributed by atoms with E-state index in [-0.39, 0.29) is 0 Å². The van der Waals surface area contributed by atoms with Crippen LogP contribution in [-0.2, 0) is 6.42 Å². The third-order valence-corrected chi connectivity index (χ3v) is 6.67. The summed E-state index contributed by atoms with van der Waals surface area (Å²) in [4.78, 5) is 17.3. The topological polar surface area (TPSA) is 56.8 Å². The number of fused-ring (bicyclic) bond motifs is 1. The van der Waals surface area contributed by atoms with E-state index in [9.17, 15) is 0 Å². The lowest BCUT2D eigenvalue weighted by Gasteiger charge is -2.30. The molecule has 2 aliphatic heterocycles. The van der Waals surface area contributed by atoms with Gasteiger partial charge in [-0.1, -0.05) is 13.3 Å². The van der Waals surface area contributed by atoms with Gasteiger partial charge in [0.05, 0.1) is 12.6 Å². The highest BCUT2D eigenvalue weighted by Crippen LogP contribution is 2.32. The highest BCUT2D eigenvalue weighted by Gasteiger charge is 2.22. The second-order valence-electron chi connectivity index (χ2n) is 9.17. The smallest absolute Gasteiger partial charge is 0.227 e. The molecule has 1 aromatic carbocycles. The van der Waals surface area contributed by atoms with Crippen LogP contribution in [0, 0.1) is 0 Å². The van der Waals surface area contributed by atoms with E-state index in [1.165, 1.54) is 5.56 Å². The van der Waals surface area contributed by atoms with Crippen LogP contribution in [0.25, 0.3) is 10.9 Å². The number of aromatic nitrogens is 2. The van der Waals surface area contributed by atoms with E-state index in [4.69, 9.17) is 14.7 Å². The number of likely N-dealkylation sites (N-methyl/N-ethyl adjacent to an activating group) is 1. The molecule has 0 amide bonds. The van der Waals surface area contributed by atoms with Crippen molar-refractivity contribution in [1.29, 1.82) is 0 Å². The van der Waals surface area contributed by atoms with E-state index in [2.05, 4.69) is 53.2 Å². The van der Waals surface area contributed by atoms with Crippen LogP contribution in [-0.4, -0.2) is 86.3 Å². The highest BCUT2D eigenvalue weighted by molar-refractivity contribution is 5.92. The lowest BCUT2D eigenvalue weighted by Crippen LogP contribution is -2.37. The summed E-state index contributed by atoms with van der Waals surface area (Å²) in [5.41, 5.74) is 2.24. The van der Waals surface area contributed by atoms with E-state index < -0.39 is 0 Å². The number of rotatable bonds is 6. The van der Waals surface area contributed by atoms with Crippen LogP contribution in [0.1, 0.15) is 38.2 Å². The van der Waals surface area contributed by atoms with Gasteiger partial charge in [0, 0.05) is 31.1 Å². The molecular formula is C24H38N6O. The van der Waals surface area contributed by atoms with Gasteiger partial charge in [0.2, 0.25) is 5.95 Å². The van der Waals surface area contributed by atoms with Crippen molar-refractivity contribution in [3.05, 3.63) is 17.7 Å². The molecule has 7 heteroatoms. The van der Waals surface area contributed by atoms with Crippen molar-refractivity contribution >= 4 is 22.7 Å². The molecule has 2 aromatic rings. The number of hydrogen-bond donors (Lipinski definition) is 1. The van der Waals surface area contributed by atoms with Gasteiger partial charge >= 0.3 is 0 Å². The number of benzene rings is 1. The summed E-state index contributed by atoms with van der Waals surface area (Å²) in [7, 11) is 6.15. The number of aryl methyl sites for hydroxylation is 1. The Bertz CT molecular complexity index is 880. The average molecular weight is 427 g/mol. The van der Waals surface area contributed by atoms with E-state index in [0.29, 0.717) is 6.04 Å². The Kier molecular flexibility index (Phi) is 7.13. The molecular weight excluding hydrogens is 388 g/mol. The quantitative estimate of drug-likeness (QED) is 0.761. The fraction of sp³-hybridized carbons (Fsp3) is 0.667. The minimum absolute atomic E-state index is 0.443. The number of nitrogens with one attached hydrogen (secondary N) is 1. The summed E-state index contributed by atoms with van der Waals surface area (Å²) in [5, 5.41) is 4.84. The predicted octanol–water partition coefficient (Wildman–Crippen LogP) is 3.24. The molecule has 0 spiro atoms. The molecule has 4 rings (SSSR count). The zero-order valence-corrected chi connectivity index (χ0v) is 19.7. The molecule has 7 nitrogen and oxygen atoms in total. The zero-order valence-electron chi connectivity index (χ0n) is 19.7. The number of piperidine rings is 1. The van der Waals surface area contributed by atoms with Gasteiger partial charge in [-0.25, -0.2) is 4.98 Å². The monoisotopic (exact) mass is 426 g/mol. The van der Waals surface area contributed by atoms with Crippen LogP contribution >= 0.6 is 0 Å². The van der Waals surface area contributed by atoms with E-state index in [1.807, 2.05) is 0 Å². The van der Waals surface area contributed by atoms with Crippen molar-refractivity contribution in [2.45, 2.75) is 45.1 Å². The van der Waals surface area contributed by atoms with Gasteiger partial charge in [0.25, 0.3) is 0 Å². The van der Waals surface area contributed by atoms with Gasteiger partial charge in [-0.2, -0.15) is 4.98 Å². The SMILES string of the molecule is CCCc1cc2nc(N3CCCN(C)CC3)nc(NC3CCN(C)CC3)c2cc1OC.